The second kappa shape index (κ2) is 10.5. The number of amides is 1. The molecule has 142 valence electrons. The van der Waals surface area contributed by atoms with Gasteiger partial charge in [-0.2, -0.15) is 0 Å². The van der Waals surface area contributed by atoms with Crippen molar-refractivity contribution < 1.29 is 19.4 Å². The van der Waals surface area contributed by atoms with Gasteiger partial charge in [-0.15, -0.1) is 0 Å². The van der Waals surface area contributed by atoms with Crippen LogP contribution in [0.4, 0.5) is 0 Å². The molecule has 0 atom stereocenters. The average molecular weight is 373 g/mol. The summed E-state index contributed by atoms with van der Waals surface area (Å²) in [6.45, 7) is 7.20. The zero-order chi connectivity index (χ0) is 18.9. The molecule has 0 aromatic heterocycles. The molecule has 1 aromatic rings. The largest absolute Gasteiger partial charge is 0.493 e. The van der Waals surface area contributed by atoms with E-state index in [0.29, 0.717) is 23.1 Å². The van der Waals surface area contributed by atoms with Gasteiger partial charge in [-0.05, 0) is 51.8 Å². The maximum Gasteiger partial charge on any atom is 0.258 e. The van der Waals surface area contributed by atoms with E-state index in [1.807, 2.05) is 20.8 Å². The number of carbonyl (C=O) groups excluding carboxylic acids is 1. The van der Waals surface area contributed by atoms with E-state index < -0.39 is 0 Å². The van der Waals surface area contributed by atoms with Crippen LogP contribution in [0.1, 0.15) is 39.2 Å². The van der Waals surface area contributed by atoms with Crippen LogP contribution in [0, 0.1) is 0 Å². The Kier molecular flexibility index (Phi) is 9.03. The van der Waals surface area contributed by atoms with Crippen molar-refractivity contribution in [3.8, 4) is 11.5 Å². The predicted octanol–water partition coefficient (Wildman–Crippen LogP) is 2.50. The highest BCUT2D eigenvalue weighted by atomic mass is 35.5. The van der Waals surface area contributed by atoms with Gasteiger partial charge in [0.05, 0.1) is 7.11 Å². The number of carbonyl (C=O) groups is 1. The molecule has 0 aliphatic heterocycles. The highest BCUT2D eigenvalue weighted by molar-refractivity contribution is 6.31. The van der Waals surface area contributed by atoms with E-state index in [0.717, 1.165) is 24.9 Å². The number of hydrogen-bond donors (Lipinski definition) is 3. The lowest BCUT2D eigenvalue weighted by molar-refractivity contribution is -0.124. The van der Waals surface area contributed by atoms with Crippen LogP contribution in [0.2, 0.25) is 5.02 Å². The maximum atomic E-state index is 11.9. The molecular weight excluding hydrogens is 344 g/mol. The Labute approximate surface area is 154 Å². The Bertz CT molecular complexity index is 559. The quantitative estimate of drug-likeness (QED) is 0.550. The molecule has 1 aromatic carbocycles. The summed E-state index contributed by atoms with van der Waals surface area (Å²) in [5.74, 6) is 0.751. The number of aliphatic hydroxyl groups excluding tert-OH is 1. The number of hydrogen-bond acceptors (Lipinski definition) is 5. The molecule has 0 aliphatic carbocycles. The number of unbranched alkanes of at least 4 members (excludes halogenated alkanes) is 1. The molecule has 0 saturated heterocycles. The summed E-state index contributed by atoms with van der Waals surface area (Å²) < 4.78 is 10.9. The van der Waals surface area contributed by atoms with Crippen LogP contribution >= 0.6 is 11.6 Å². The minimum Gasteiger partial charge on any atom is -0.493 e. The van der Waals surface area contributed by atoms with Crippen LogP contribution in [0.25, 0.3) is 0 Å². The minimum atomic E-state index is -0.312. The second-order valence-electron chi connectivity index (χ2n) is 6.79. The number of nitrogens with one attached hydrogen (secondary N) is 2. The highest BCUT2D eigenvalue weighted by Gasteiger charge is 2.16. The van der Waals surface area contributed by atoms with Crippen LogP contribution in [0.3, 0.4) is 0 Å². The van der Waals surface area contributed by atoms with Gasteiger partial charge in [0.25, 0.3) is 5.91 Å². The molecule has 3 N–H and O–H groups in total. The van der Waals surface area contributed by atoms with Gasteiger partial charge >= 0.3 is 0 Å². The lowest BCUT2D eigenvalue weighted by Crippen LogP contribution is -2.43. The molecule has 1 rings (SSSR count). The number of ether oxygens (including phenoxy) is 2. The van der Waals surface area contributed by atoms with Crippen molar-refractivity contribution in [3.63, 3.8) is 0 Å². The van der Waals surface area contributed by atoms with Crippen LogP contribution in [-0.4, -0.2) is 43.4 Å². The summed E-state index contributed by atoms with van der Waals surface area (Å²) in [6.07, 6.45) is 1.67. The number of halogens is 1. The molecule has 0 heterocycles. The molecule has 0 spiro atoms. The Morgan fingerprint density at radius 1 is 1.24 bits per heavy atom. The average Bonchev–Trinajstić information content (AvgIpc) is 2.52. The molecule has 0 aliphatic rings. The molecule has 25 heavy (non-hydrogen) atoms. The van der Waals surface area contributed by atoms with Gasteiger partial charge in [0.15, 0.2) is 18.1 Å². The van der Waals surface area contributed by atoms with Gasteiger partial charge in [0, 0.05) is 29.8 Å². The van der Waals surface area contributed by atoms with E-state index >= 15 is 0 Å². The molecule has 1 amide bonds. The standard InChI is InChI=1S/C18H29ClN2O4/c1-18(2,3)21-17(23)12-25-16-10-14(19)13(9-15(16)24-4)11-20-7-5-6-8-22/h9-10,20,22H,5-8,11-12H2,1-4H3,(H,21,23). The maximum absolute atomic E-state index is 11.9. The van der Waals surface area contributed by atoms with Crippen LogP contribution in [0.5, 0.6) is 11.5 Å². The van der Waals surface area contributed by atoms with Crippen molar-refractivity contribution in [2.24, 2.45) is 0 Å². The fourth-order valence-corrected chi connectivity index (χ4v) is 2.39. The van der Waals surface area contributed by atoms with Crippen molar-refractivity contribution in [1.29, 1.82) is 0 Å². The van der Waals surface area contributed by atoms with Gasteiger partial charge in [-0.3, -0.25) is 4.79 Å². The molecule has 0 bridgehead atoms. The first-order chi connectivity index (χ1) is 11.8. The fraction of sp³-hybridized carbons (Fsp3) is 0.611. The van der Waals surface area contributed by atoms with Crippen LogP contribution < -0.4 is 20.1 Å². The van der Waals surface area contributed by atoms with E-state index in [1.54, 1.807) is 19.2 Å². The van der Waals surface area contributed by atoms with Crippen LogP contribution in [0.15, 0.2) is 12.1 Å². The first-order valence-electron chi connectivity index (χ1n) is 8.38. The van der Waals surface area contributed by atoms with Crippen molar-refractivity contribution in [2.45, 2.75) is 45.7 Å². The molecule has 0 radical (unpaired) electrons. The molecule has 0 saturated carbocycles. The normalized spacial score (nSPS) is 11.3. The third kappa shape index (κ3) is 8.43. The summed E-state index contributed by atoms with van der Waals surface area (Å²) in [4.78, 5) is 11.9. The van der Waals surface area contributed by atoms with Gasteiger partial charge < -0.3 is 25.2 Å². The first-order valence-corrected chi connectivity index (χ1v) is 8.76. The Morgan fingerprint density at radius 2 is 1.96 bits per heavy atom. The van der Waals surface area contributed by atoms with Crippen molar-refractivity contribution >= 4 is 17.5 Å². The molecule has 0 fully saturated rings. The third-order valence-corrected chi connectivity index (χ3v) is 3.63. The monoisotopic (exact) mass is 372 g/mol. The van der Waals surface area contributed by atoms with E-state index in [9.17, 15) is 4.79 Å². The lowest BCUT2D eigenvalue weighted by Gasteiger charge is -2.21. The number of methoxy groups -OCH3 is 1. The van der Waals surface area contributed by atoms with E-state index in [2.05, 4.69) is 10.6 Å². The van der Waals surface area contributed by atoms with Gasteiger partial charge in [0.2, 0.25) is 0 Å². The highest BCUT2D eigenvalue weighted by Crippen LogP contribution is 2.33. The zero-order valence-corrected chi connectivity index (χ0v) is 16.2. The van der Waals surface area contributed by atoms with E-state index in [1.165, 1.54) is 0 Å². The van der Waals surface area contributed by atoms with Gasteiger partial charge in [-0.1, -0.05) is 11.6 Å². The second-order valence-corrected chi connectivity index (χ2v) is 7.20. The van der Waals surface area contributed by atoms with Crippen LogP contribution in [-0.2, 0) is 11.3 Å². The number of rotatable bonds is 10. The summed E-state index contributed by atoms with van der Waals surface area (Å²) in [5.41, 5.74) is 0.572. The number of benzene rings is 1. The summed E-state index contributed by atoms with van der Waals surface area (Å²) >= 11 is 6.30. The van der Waals surface area contributed by atoms with Gasteiger partial charge in [-0.25, -0.2) is 0 Å². The fourth-order valence-electron chi connectivity index (χ4n) is 2.17. The predicted molar refractivity (Wildman–Crippen MR) is 99.4 cm³/mol. The molecule has 7 heteroatoms. The zero-order valence-electron chi connectivity index (χ0n) is 15.4. The SMILES string of the molecule is COc1cc(CNCCCCO)c(Cl)cc1OCC(=O)NC(C)(C)C. The Morgan fingerprint density at radius 3 is 2.56 bits per heavy atom. The van der Waals surface area contributed by atoms with Crippen molar-refractivity contribution in [2.75, 3.05) is 26.9 Å². The van der Waals surface area contributed by atoms with E-state index in [4.69, 9.17) is 26.2 Å². The third-order valence-electron chi connectivity index (χ3n) is 3.28. The lowest BCUT2D eigenvalue weighted by atomic mass is 10.1. The topological polar surface area (TPSA) is 79.8 Å². The number of aliphatic hydroxyl groups is 1. The van der Waals surface area contributed by atoms with E-state index in [-0.39, 0.29) is 24.7 Å². The molecular formula is C18H29ClN2O4. The summed E-state index contributed by atoms with van der Waals surface area (Å²) in [6, 6.07) is 3.47. The smallest absolute Gasteiger partial charge is 0.258 e. The Balaban J connectivity index is 2.66. The van der Waals surface area contributed by atoms with Crippen molar-refractivity contribution in [3.05, 3.63) is 22.7 Å². The molecule has 6 nitrogen and oxygen atoms in total. The first kappa shape index (κ1) is 21.5. The summed E-state index contributed by atoms with van der Waals surface area (Å²) in [7, 11) is 1.55. The molecule has 0 unspecified atom stereocenters. The summed E-state index contributed by atoms with van der Waals surface area (Å²) in [5, 5.41) is 15.4. The minimum absolute atomic E-state index is 0.108. The van der Waals surface area contributed by atoms with Gasteiger partial charge in [0.1, 0.15) is 0 Å². The Hall–Kier alpha value is -1.50. The van der Waals surface area contributed by atoms with Crippen molar-refractivity contribution in [1.82, 2.24) is 10.6 Å².